The molecule has 0 unspecified atom stereocenters. The Kier molecular flexibility index (Phi) is 7.69. The molecule has 0 radical (unpaired) electrons. The molecule has 5 heteroatoms. The van der Waals surface area contributed by atoms with Crippen LogP contribution in [0.5, 0.6) is 5.75 Å². The van der Waals surface area contributed by atoms with Crippen LogP contribution < -0.4 is 4.74 Å². The third-order valence-corrected chi connectivity index (χ3v) is 4.23. The molecule has 0 amide bonds. The maximum absolute atomic E-state index is 10.4. The average molecular weight is 351 g/mol. The monoisotopic (exact) mass is 351 g/mol. The molecule has 1 saturated heterocycles. The van der Waals surface area contributed by atoms with Gasteiger partial charge in [0, 0.05) is 26.2 Å². The number of ether oxygens (including phenoxy) is 3. The number of benzene rings is 1. The molecule has 2 rings (SSSR count). The Bertz CT molecular complexity index is 491. The summed E-state index contributed by atoms with van der Waals surface area (Å²) in [6, 6.07) is 8.08. The Labute approximate surface area is 151 Å². The summed E-state index contributed by atoms with van der Waals surface area (Å²) in [5.41, 5.74) is 0.957. The Hall–Kier alpha value is -1.14. The van der Waals surface area contributed by atoms with E-state index in [-0.39, 0.29) is 11.7 Å². The first-order valence-corrected chi connectivity index (χ1v) is 9.14. The van der Waals surface area contributed by atoms with Crippen molar-refractivity contribution in [2.45, 2.75) is 58.0 Å². The van der Waals surface area contributed by atoms with Gasteiger partial charge in [-0.05, 0) is 51.3 Å². The molecule has 0 spiro atoms. The molecule has 1 aromatic carbocycles. The van der Waals surface area contributed by atoms with Crippen LogP contribution in [0.4, 0.5) is 0 Å². The summed E-state index contributed by atoms with van der Waals surface area (Å²) in [6.45, 7) is 9.37. The van der Waals surface area contributed by atoms with E-state index in [0.29, 0.717) is 13.2 Å². The molecule has 1 aliphatic heterocycles. The molecule has 0 aliphatic carbocycles. The maximum atomic E-state index is 10.4. The van der Waals surface area contributed by atoms with Gasteiger partial charge in [0.15, 0.2) is 0 Å². The van der Waals surface area contributed by atoms with Crippen LogP contribution in [0.2, 0.25) is 0 Å². The fourth-order valence-electron chi connectivity index (χ4n) is 2.97. The van der Waals surface area contributed by atoms with Gasteiger partial charge in [0.25, 0.3) is 0 Å². The van der Waals surface area contributed by atoms with Gasteiger partial charge in [-0.15, -0.1) is 0 Å². The number of methoxy groups -OCH3 is 1. The highest BCUT2D eigenvalue weighted by molar-refractivity contribution is 5.27. The first-order chi connectivity index (χ1) is 11.9. The van der Waals surface area contributed by atoms with E-state index in [2.05, 4.69) is 17.0 Å². The molecule has 2 atom stereocenters. The van der Waals surface area contributed by atoms with Gasteiger partial charge in [0.05, 0.1) is 31.5 Å². The number of hydrogen-bond donors (Lipinski definition) is 1. The molecule has 1 aliphatic rings. The zero-order valence-corrected chi connectivity index (χ0v) is 16.0. The van der Waals surface area contributed by atoms with E-state index < -0.39 is 6.10 Å². The number of nitrogens with zero attached hydrogens (tertiary/aromatic N) is 1. The lowest BCUT2D eigenvalue weighted by molar-refractivity contribution is -0.0594. The molecule has 0 bridgehead atoms. The topological polar surface area (TPSA) is 51.2 Å². The highest BCUT2D eigenvalue weighted by Crippen LogP contribution is 2.17. The molecule has 142 valence electrons. The summed E-state index contributed by atoms with van der Waals surface area (Å²) in [4.78, 5) is 2.26. The molecule has 1 fully saturated rings. The van der Waals surface area contributed by atoms with E-state index in [0.717, 1.165) is 38.3 Å². The van der Waals surface area contributed by atoms with Gasteiger partial charge < -0.3 is 19.3 Å². The zero-order valence-electron chi connectivity index (χ0n) is 16.0. The molecule has 0 aromatic heterocycles. The zero-order chi connectivity index (χ0) is 18.3. The molecular weight excluding hydrogens is 318 g/mol. The Morgan fingerprint density at radius 1 is 1.28 bits per heavy atom. The lowest BCUT2D eigenvalue weighted by atomic mass is 10.1. The van der Waals surface area contributed by atoms with Crippen LogP contribution in [0.15, 0.2) is 24.3 Å². The Morgan fingerprint density at radius 3 is 2.56 bits per heavy atom. The van der Waals surface area contributed by atoms with Gasteiger partial charge in [-0.1, -0.05) is 12.1 Å². The standard InChI is InChI=1S/C20H33NO4/c1-20(2,3)25-15-17(22)13-21(14-19-6-5-11-24-19)12-16-7-9-18(23-4)10-8-16/h7-10,17,19,22H,5-6,11-15H2,1-4H3/t17-,19-/m0/s1. The Morgan fingerprint density at radius 2 is 2.00 bits per heavy atom. The third kappa shape index (κ3) is 7.74. The number of rotatable bonds is 9. The second-order valence-corrected chi connectivity index (χ2v) is 7.75. The van der Waals surface area contributed by atoms with E-state index in [9.17, 15) is 5.11 Å². The van der Waals surface area contributed by atoms with Gasteiger partial charge in [0.2, 0.25) is 0 Å². The second-order valence-electron chi connectivity index (χ2n) is 7.75. The first kappa shape index (κ1) is 20.2. The molecule has 1 heterocycles. The van der Waals surface area contributed by atoms with Crippen LogP contribution in [0.25, 0.3) is 0 Å². The largest absolute Gasteiger partial charge is 0.497 e. The second kappa shape index (κ2) is 9.53. The van der Waals surface area contributed by atoms with E-state index in [1.807, 2.05) is 32.9 Å². The average Bonchev–Trinajstić information content (AvgIpc) is 3.06. The third-order valence-electron chi connectivity index (χ3n) is 4.23. The van der Waals surface area contributed by atoms with Crippen molar-refractivity contribution >= 4 is 0 Å². The summed E-state index contributed by atoms with van der Waals surface area (Å²) in [5, 5.41) is 10.4. The fraction of sp³-hybridized carbons (Fsp3) is 0.700. The first-order valence-electron chi connectivity index (χ1n) is 9.14. The number of aliphatic hydroxyl groups is 1. The minimum atomic E-state index is -0.515. The van der Waals surface area contributed by atoms with Crippen molar-refractivity contribution in [3.8, 4) is 5.75 Å². The SMILES string of the molecule is COc1ccc(CN(C[C@H](O)COC(C)(C)C)C[C@@H]2CCCO2)cc1. The highest BCUT2D eigenvalue weighted by Gasteiger charge is 2.22. The van der Waals surface area contributed by atoms with Crippen LogP contribution in [0, 0.1) is 0 Å². The minimum absolute atomic E-state index is 0.240. The molecule has 5 nitrogen and oxygen atoms in total. The summed E-state index contributed by atoms with van der Waals surface area (Å²) >= 11 is 0. The van der Waals surface area contributed by atoms with Crippen LogP contribution in [0.3, 0.4) is 0 Å². The van der Waals surface area contributed by atoms with E-state index in [1.165, 1.54) is 5.56 Å². The molecule has 0 saturated carbocycles. The number of hydrogen-bond acceptors (Lipinski definition) is 5. The van der Waals surface area contributed by atoms with Crippen LogP contribution >= 0.6 is 0 Å². The molecule has 25 heavy (non-hydrogen) atoms. The van der Waals surface area contributed by atoms with Crippen LogP contribution in [0.1, 0.15) is 39.2 Å². The van der Waals surface area contributed by atoms with Gasteiger partial charge in [-0.3, -0.25) is 4.90 Å². The smallest absolute Gasteiger partial charge is 0.118 e. The molecular formula is C20H33NO4. The van der Waals surface area contributed by atoms with Crippen molar-refractivity contribution in [3.05, 3.63) is 29.8 Å². The van der Waals surface area contributed by atoms with Gasteiger partial charge in [0.1, 0.15) is 5.75 Å². The van der Waals surface area contributed by atoms with E-state index >= 15 is 0 Å². The van der Waals surface area contributed by atoms with E-state index in [1.54, 1.807) is 7.11 Å². The summed E-state index contributed by atoms with van der Waals surface area (Å²) in [6.07, 6.45) is 1.96. The van der Waals surface area contributed by atoms with Gasteiger partial charge in [-0.25, -0.2) is 0 Å². The predicted octanol–water partition coefficient (Wildman–Crippen LogP) is 2.85. The normalized spacial score (nSPS) is 19.4. The van der Waals surface area contributed by atoms with Gasteiger partial charge in [-0.2, -0.15) is 0 Å². The van der Waals surface area contributed by atoms with E-state index in [4.69, 9.17) is 14.2 Å². The maximum Gasteiger partial charge on any atom is 0.118 e. The fourth-order valence-corrected chi connectivity index (χ4v) is 2.97. The predicted molar refractivity (Wildman–Crippen MR) is 99.0 cm³/mol. The lowest BCUT2D eigenvalue weighted by Gasteiger charge is -2.29. The molecule has 1 aromatic rings. The summed E-state index contributed by atoms with van der Waals surface area (Å²) in [7, 11) is 1.67. The van der Waals surface area contributed by atoms with Crippen molar-refractivity contribution < 1.29 is 19.3 Å². The van der Waals surface area contributed by atoms with Crippen molar-refractivity contribution in [1.82, 2.24) is 4.90 Å². The number of aliphatic hydroxyl groups excluding tert-OH is 1. The van der Waals surface area contributed by atoms with Crippen molar-refractivity contribution in [3.63, 3.8) is 0 Å². The van der Waals surface area contributed by atoms with Crippen molar-refractivity contribution in [2.24, 2.45) is 0 Å². The summed E-state index contributed by atoms with van der Waals surface area (Å²) < 4.78 is 16.7. The highest BCUT2D eigenvalue weighted by atomic mass is 16.5. The van der Waals surface area contributed by atoms with Crippen molar-refractivity contribution in [1.29, 1.82) is 0 Å². The molecule has 1 N–H and O–H groups in total. The van der Waals surface area contributed by atoms with Crippen LogP contribution in [-0.2, 0) is 16.0 Å². The van der Waals surface area contributed by atoms with Gasteiger partial charge >= 0.3 is 0 Å². The Balaban J connectivity index is 1.93. The van der Waals surface area contributed by atoms with Crippen molar-refractivity contribution in [2.75, 3.05) is 33.4 Å². The van der Waals surface area contributed by atoms with Crippen LogP contribution in [-0.4, -0.2) is 61.2 Å². The summed E-state index contributed by atoms with van der Waals surface area (Å²) in [5.74, 6) is 0.855. The lowest BCUT2D eigenvalue weighted by Crippen LogP contribution is -2.40. The minimum Gasteiger partial charge on any atom is -0.497 e. The quantitative estimate of drug-likeness (QED) is 0.741.